The van der Waals surface area contributed by atoms with Gasteiger partial charge in [-0.3, -0.25) is 0 Å². The second-order valence-corrected chi connectivity index (χ2v) is 4.63. The molecule has 2 N–H and O–H groups in total. The van der Waals surface area contributed by atoms with Crippen LogP contribution >= 0.6 is 11.8 Å². The van der Waals surface area contributed by atoms with Crippen LogP contribution in [0.25, 0.3) is 0 Å². The zero-order chi connectivity index (χ0) is 13.1. The number of halogens is 2. The Kier molecular flexibility index (Phi) is 3.72. The van der Waals surface area contributed by atoms with Gasteiger partial charge in [0.1, 0.15) is 17.4 Å². The Bertz CT molecular complexity index is 575. The van der Waals surface area contributed by atoms with Crippen LogP contribution in [-0.2, 0) is 0 Å². The predicted octanol–water partition coefficient (Wildman–Crippen LogP) is 3.71. The number of para-hydroxylation sites is 1. The van der Waals surface area contributed by atoms with Crippen molar-refractivity contribution in [1.29, 1.82) is 0 Å². The minimum absolute atomic E-state index is 0.316. The van der Waals surface area contributed by atoms with Gasteiger partial charge >= 0.3 is 0 Å². The lowest BCUT2D eigenvalue weighted by atomic mass is 10.3. The lowest BCUT2D eigenvalue weighted by Gasteiger charge is -2.09. The van der Waals surface area contributed by atoms with Gasteiger partial charge in [0.15, 0.2) is 0 Å². The van der Waals surface area contributed by atoms with Crippen molar-refractivity contribution in [3.8, 4) is 5.75 Å². The van der Waals surface area contributed by atoms with Gasteiger partial charge < -0.3 is 10.5 Å². The van der Waals surface area contributed by atoms with Gasteiger partial charge in [-0.15, -0.1) is 0 Å². The predicted molar refractivity (Wildman–Crippen MR) is 67.9 cm³/mol. The van der Waals surface area contributed by atoms with E-state index in [1.807, 2.05) is 0 Å². The lowest BCUT2D eigenvalue weighted by molar-refractivity contribution is 0.416. The molecule has 94 valence electrons. The molecule has 0 fully saturated rings. The largest absolute Gasteiger partial charge is 0.495 e. The topological polar surface area (TPSA) is 35.2 Å². The molecule has 0 saturated carbocycles. The third kappa shape index (κ3) is 2.56. The lowest BCUT2D eigenvalue weighted by Crippen LogP contribution is -1.94. The fourth-order valence-corrected chi connectivity index (χ4v) is 2.35. The van der Waals surface area contributed by atoms with Gasteiger partial charge in [0.25, 0.3) is 0 Å². The van der Waals surface area contributed by atoms with Crippen LogP contribution in [0, 0.1) is 11.6 Å². The molecule has 0 aliphatic carbocycles. The zero-order valence-electron chi connectivity index (χ0n) is 9.61. The second-order valence-electron chi connectivity index (χ2n) is 3.55. The van der Waals surface area contributed by atoms with Crippen molar-refractivity contribution in [3.05, 3.63) is 48.0 Å². The van der Waals surface area contributed by atoms with E-state index in [0.717, 1.165) is 17.8 Å². The smallest absolute Gasteiger partial charge is 0.142 e. The fraction of sp³-hybridized carbons (Fsp3) is 0.0769. The minimum Gasteiger partial charge on any atom is -0.495 e. The van der Waals surface area contributed by atoms with Gasteiger partial charge in [0.2, 0.25) is 0 Å². The molecular weight excluding hydrogens is 256 g/mol. The van der Waals surface area contributed by atoms with Crippen LogP contribution in [0.2, 0.25) is 0 Å². The molecule has 0 radical (unpaired) electrons. The van der Waals surface area contributed by atoms with Crippen molar-refractivity contribution < 1.29 is 13.5 Å². The van der Waals surface area contributed by atoms with E-state index in [4.69, 9.17) is 10.5 Å². The molecule has 2 rings (SSSR count). The highest BCUT2D eigenvalue weighted by molar-refractivity contribution is 7.99. The van der Waals surface area contributed by atoms with Crippen molar-refractivity contribution in [1.82, 2.24) is 0 Å². The van der Waals surface area contributed by atoms with Crippen molar-refractivity contribution in [2.75, 3.05) is 12.8 Å². The molecule has 0 aliphatic rings. The Morgan fingerprint density at radius 3 is 2.56 bits per heavy atom. The normalized spacial score (nSPS) is 10.4. The van der Waals surface area contributed by atoms with Crippen LogP contribution in [0.4, 0.5) is 14.5 Å². The van der Waals surface area contributed by atoms with E-state index in [2.05, 4.69) is 0 Å². The van der Waals surface area contributed by atoms with Gasteiger partial charge in [-0.1, -0.05) is 17.8 Å². The SMILES string of the molecule is COc1cccc(Sc2ccc(F)cc2F)c1N. The van der Waals surface area contributed by atoms with Crippen LogP contribution in [0.3, 0.4) is 0 Å². The summed E-state index contributed by atoms with van der Waals surface area (Å²) in [6.45, 7) is 0. The minimum atomic E-state index is -0.609. The summed E-state index contributed by atoms with van der Waals surface area (Å²) in [6, 6.07) is 8.68. The van der Waals surface area contributed by atoms with E-state index in [9.17, 15) is 8.78 Å². The monoisotopic (exact) mass is 267 g/mol. The third-order valence-electron chi connectivity index (χ3n) is 2.36. The zero-order valence-corrected chi connectivity index (χ0v) is 10.4. The number of nitrogen functional groups attached to an aromatic ring is 1. The van der Waals surface area contributed by atoms with Crippen LogP contribution < -0.4 is 10.5 Å². The molecule has 2 nitrogen and oxygen atoms in total. The number of rotatable bonds is 3. The highest BCUT2D eigenvalue weighted by atomic mass is 32.2. The molecule has 0 unspecified atom stereocenters. The van der Waals surface area contributed by atoms with Crippen LogP contribution in [0.1, 0.15) is 0 Å². The average Bonchev–Trinajstić information content (AvgIpc) is 2.35. The summed E-state index contributed by atoms with van der Waals surface area (Å²) in [6.07, 6.45) is 0. The molecule has 0 amide bonds. The molecule has 0 spiro atoms. The van der Waals surface area contributed by atoms with Crippen LogP contribution in [0.5, 0.6) is 5.75 Å². The highest BCUT2D eigenvalue weighted by Gasteiger charge is 2.10. The van der Waals surface area contributed by atoms with Crippen LogP contribution in [0.15, 0.2) is 46.2 Å². The summed E-state index contributed by atoms with van der Waals surface area (Å²) in [4.78, 5) is 0.983. The van der Waals surface area contributed by atoms with Crippen molar-refractivity contribution in [3.63, 3.8) is 0 Å². The number of hydrogen-bond donors (Lipinski definition) is 1. The molecule has 0 saturated heterocycles. The van der Waals surface area contributed by atoms with Gasteiger partial charge in [-0.2, -0.15) is 0 Å². The molecule has 0 bridgehead atoms. The highest BCUT2D eigenvalue weighted by Crippen LogP contribution is 2.37. The maximum atomic E-state index is 13.5. The first-order chi connectivity index (χ1) is 8.61. The van der Waals surface area contributed by atoms with Gasteiger partial charge in [0.05, 0.1) is 12.8 Å². The average molecular weight is 267 g/mol. The first-order valence-corrected chi connectivity index (χ1v) is 5.99. The first kappa shape index (κ1) is 12.7. The van der Waals surface area contributed by atoms with Gasteiger partial charge in [-0.05, 0) is 24.3 Å². The molecule has 0 aliphatic heterocycles. The molecule has 18 heavy (non-hydrogen) atoms. The van der Waals surface area contributed by atoms with Crippen molar-refractivity contribution in [2.45, 2.75) is 9.79 Å². The Balaban J connectivity index is 2.34. The quantitative estimate of drug-likeness (QED) is 0.861. The number of ether oxygens (including phenoxy) is 1. The van der Waals surface area contributed by atoms with E-state index >= 15 is 0 Å². The number of hydrogen-bond acceptors (Lipinski definition) is 3. The van der Waals surface area contributed by atoms with Gasteiger partial charge in [0, 0.05) is 15.9 Å². The standard InChI is InChI=1S/C13H11F2NOS/c1-17-10-3-2-4-12(13(10)16)18-11-6-5-8(14)7-9(11)15/h2-7H,16H2,1H3. The third-order valence-corrected chi connectivity index (χ3v) is 3.49. The Morgan fingerprint density at radius 1 is 1.11 bits per heavy atom. The van der Waals surface area contributed by atoms with Crippen molar-refractivity contribution in [2.24, 2.45) is 0 Å². The van der Waals surface area contributed by atoms with Crippen LogP contribution in [-0.4, -0.2) is 7.11 Å². The molecule has 2 aromatic rings. The van der Waals surface area contributed by atoms with Gasteiger partial charge in [-0.25, -0.2) is 8.78 Å². The second kappa shape index (κ2) is 5.27. The molecular formula is C13H11F2NOS. The summed E-state index contributed by atoms with van der Waals surface area (Å²) >= 11 is 1.13. The van der Waals surface area contributed by atoms with E-state index in [-0.39, 0.29) is 0 Å². The van der Waals surface area contributed by atoms with E-state index < -0.39 is 11.6 Å². The molecule has 5 heteroatoms. The summed E-state index contributed by atoms with van der Waals surface area (Å²) in [5.41, 5.74) is 6.32. The Hall–Kier alpha value is -1.75. The summed E-state index contributed by atoms with van der Waals surface area (Å²) < 4.78 is 31.4. The van der Waals surface area contributed by atoms with E-state index in [0.29, 0.717) is 21.2 Å². The molecule has 0 heterocycles. The van der Waals surface area contributed by atoms with E-state index in [1.165, 1.54) is 19.2 Å². The number of nitrogens with two attached hydrogens (primary N) is 1. The summed E-state index contributed by atoms with van der Waals surface area (Å²) in [5.74, 6) is -0.680. The maximum absolute atomic E-state index is 13.5. The number of methoxy groups -OCH3 is 1. The summed E-state index contributed by atoms with van der Waals surface area (Å²) in [5, 5.41) is 0. The first-order valence-electron chi connectivity index (χ1n) is 5.17. The Labute approximate surface area is 108 Å². The Morgan fingerprint density at radius 2 is 1.89 bits per heavy atom. The van der Waals surface area contributed by atoms with Crippen molar-refractivity contribution >= 4 is 17.4 Å². The van der Waals surface area contributed by atoms with E-state index in [1.54, 1.807) is 18.2 Å². The molecule has 0 aromatic heterocycles. The number of anilines is 1. The fourth-order valence-electron chi connectivity index (χ4n) is 1.47. The molecule has 0 atom stereocenters. The summed E-state index contributed by atoms with van der Waals surface area (Å²) in [7, 11) is 1.51. The maximum Gasteiger partial charge on any atom is 0.142 e. The molecule has 2 aromatic carbocycles. The number of benzene rings is 2.